The molecule has 0 radical (unpaired) electrons. The molecule has 146 valence electrons. The summed E-state index contributed by atoms with van der Waals surface area (Å²) in [5.41, 5.74) is 2.68. The van der Waals surface area contributed by atoms with Gasteiger partial charge in [0.15, 0.2) is 17.3 Å². The first-order valence-corrected chi connectivity index (χ1v) is 9.27. The lowest BCUT2D eigenvalue weighted by atomic mass is 9.73. The smallest absolute Gasteiger partial charge is 0.317 e. The Balaban J connectivity index is 2.02. The summed E-state index contributed by atoms with van der Waals surface area (Å²) in [6.45, 7) is 1.99. The first-order chi connectivity index (χ1) is 13.6. The van der Waals surface area contributed by atoms with E-state index in [9.17, 15) is 9.59 Å². The van der Waals surface area contributed by atoms with Gasteiger partial charge in [0, 0.05) is 5.92 Å². The molecule has 3 rings (SSSR count). The van der Waals surface area contributed by atoms with Crippen molar-refractivity contribution >= 4 is 17.3 Å². The van der Waals surface area contributed by atoms with E-state index in [2.05, 4.69) is 0 Å². The average molecular weight is 380 g/mol. The van der Waals surface area contributed by atoms with Crippen LogP contribution in [0.5, 0.6) is 11.5 Å². The molecule has 0 bridgehead atoms. The molecule has 0 fully saturated rings. The SMILES string of the molecule is CCOC(=O)[C@H]1C(=O)C=C(c2ccc(OC)c(OC)c2)C[C@H]1c1ccccc1. The third-order valence-corrected chi connectivity index (χ3v) is 4.99. The van der Waals surface area contributed by atoms with Gasteiger partial charge in [-0.1, -0.05) is 36.4 Å². The second-order valence-electron chi connectivity index (χ2n) is 6.59. The Labute approximate surface area is 164 Å². The van der Waals surface area contributed by atoms with E-state index in [1.807, 2.05) is 48.5 Å². The maximum Gasteiger partial charge on any atom is 0.317 e. The number of carbonyl (C=O) groups excluding carboxylic acids is 2. The van der Waals surface area contributed by atoms with Gasteiger partial charge in [-0.2, -0.15) is 0 Å². The standard InChI is InChI=1S/C23H24O5/c1-4-28-23(25)22-18(15-8-6-5-7-9-15)12-17(13-19(22)24)16-10-11-20(26-2)21(14-16)27-3/h5-11,13-14,18,22H,4,12H2,1-3H3/t18-,22+/m0/s1. The molecule has 0 unspecified atom stereocenters. The molecule has 0 aromatic heterocycles. The quantitative estimate of drug-likeness (QED) is 0.559. The second kappa shape index (κ2) is 8.74. The molecule has 2 aromatic carbocycles. The highest BCUT2D eigenvalue weighted by atomic mass is 16.5. The van der Waals surface area contributed by atoms with Gasteiger partial charge < -0.3 is 14.2 Å². The molecule has 5 heteroatoms. The van der Waals surface area contributed by atoms with Gasteiger partial charge in [-0.05, 0) is 48.3 Å². The van der Waals surface area contributed by atoms with Gasteiger partial charge in [-0.25, -0.2) is 0 Å². The Morgan fingerprint density at radius 3 is 2.39 bits per heavy atom. The Hall–Kier alpha value is -3.08. The third-order valence-electron chi connectivity index (χ3n) is 4.99. The first kappa shape index (κ1) is 19.7. The molecule has 28 heavy (non-hydrogen) atoms. The molecule has 0 heterocycles. The molecule has 1 aliphatic carbocycles. The lowest BCUT2D eigenvalue weighted by Gasteiger charge is -2.29. The summed E-state index contributed by atoms with van der Waals surface area (Å²) in [5, 5.41) is 0. The van der Waals surface area contributed by atoms with Crippen molar-refractivity contribution in [1.29, 1.82) is 0 Å². The van der Waals surface area contributed by atoms with E-state index in [1.54, 1.807) is 27.2 Å². The zero-order valence-electron chi connectivity index (χ0n) is 16.3. The van der Waals surface area contributed by atoms with Crippen LogP contribution in [-0.2, 0) is 14.3 Å². The Morgan fingerprint density at radius 2 is 1.75 bits per heavy atom. The normalized spacial score (nSPS) is 19.0. The number of carbonyl (C=O) groups is 2. The summed E-state index contributed by atoms with van der Waals surface area (Å²) in [5.74, 6) is -0.588. The lowest BCUT2D eigenvalue weighted by molar-refractivity contribution is -0.151. The topological polar surface area (TPSA) is 61.8 Å². The summed E-state index contributed by atoms with van der Waals surface area (Å²) >= 11 is 0. The van der Waals surface area contributed by atoms with E-state index in [0.717, 1.165) is 16.7 Å². The van der Waals surface area contributed by atoms with E-state index in [-0.39, 0.29) is 18.3 Å². The summed E-state index contributed by atoms with van der Waals surface area (Å²) < 4.78 is 15.9. The summed E-state index contributed by atoms with van der Waals surface area (Å²) in [7, 11) is 3.15. The molecule has 0 amide bonds. The predicted octanol–water partition coefficient (Wildman–Crippen LogP) is 4.02. The van der Waals surface area contributed by atoms with Gasteiger partial charge in [-0.3, -0.25) is 9.59 Å². The van der Waals surface area contributed by atoms with Crippen LogP contribution in [0.3, 0.4) is 0 Å². The predicted molar refractivity (Wildman–Crippen MR) is 106 cm³/mol. The largest absolute Gasteiger partial charge is 0.493 e. The highest BCUT2D eigenvalue weighted by Gasteiger charge is 2.39. The summed E-state index contributed by atoms with van der Waals surface area (Å²) in [6.07, 6.45) is 2.11. The zero-order chi connectivity index (χ0) is 20.1. The maximum absolute atomic E-state index is 12.9. The minimum absolute atomic E-state index is 0.233. The number of benzene rings is 2. The fourth-order valence-corrected chi connectivity index (χ4v) is 3.63. The van der Waals surface area contributed by atoms with Crippen LogP contribution in [0.25, 0.3) is 5.57 Å². The molecule has 0 N–H and O–H groups in total. The molecule has 0 spiro atoms. The van der Waals surface area contributed by atoms with Gasteiger partial charge in [0.1, 0.15) is 5.92 Å². The fraction of sp³-hybridized carbons (Fsp3) is 0.304. The molecule has 1 aliphatic rings. The number of esters is 1. The highest BCUT2D eigenvalue weighted by molar-refractivity contribution is 6.10. The van der Waals surface area contributed by atoms with Gasteiger partial charge in [-0.15, -0.1) is 0 Å². The Bertz CT molecular complexity index is 885. The minimum Gasteiger partial charge on any atom is -0.493 e. The fourth-order valence-electron chi connectivity index (χ4n) is 3.63. The van der Waals surface area contributed by atoms with Crippen LogP contribution < -0.4 is 9.47 Å². The number of ether oxygens (including phenoxy) is 3. The average Bonchev–Trinajstić information content (AvgIpc) is 2.73. The van der Waals surface area contributed by atoms with E-state index < -0.39 is 11.9 Å². The molecular weight excluding hydrogens is 356 g/mol. The third kappa shape index (κ3) is 3.93. The van der Waals surface area contributed by atoms with Crippen molar-refractivity contribution in [2.75, 3.05) is 20.8 Å². The van der Waals surface area contributed by atoms with Crippen molar-refractivity contribution in [3.05, 3.63) is 65.7 Å². The van der Waals surface area contributed by atoms with E-state index in [0.29, 0.717) is 17.9 Å². The van der Waals surface area contributed by atoms with Crippen molar-refractivity contribution in [2.24, 2.45) is 5.92 Å². The Morgan fingerprint density at radius 1 is 1.04 bits per heavy atom. The van der Waals surface area contributed by atoms with Crippen molar-refractivity contribution in [1.82, 2.24) is 0 Å². The first-order valence-electron chi connectivity index (χ1n) is 9.27. The van der Waals surface area contributed by atoms with Crippen LogP contribution in [0.15, 0.2) is 54.6 Å². The molecule has 0 saturated heterocycles. The van der Waals surface area contributed by atoms with Gasteiger partial charge >= 0.3 is 5.97 Å². The zero-order valence-corrected chi connectivity index (χ0v) is 16.3. The number of hydrogen-bond donors (Lipinski definition) is 0. The van der Waals surface area contributed by atoms with Crippen molar-refractivity contribution in [3.8, 4) is 11.5 Å². The highest BCUT2D eigenvalue weighted by Crippen LogP contribution is 2.41. The van der Waals surface area contributed by atoms with Crippen LogP contribution in [0, 0.1) is 5.92 Å². The van der Waals surface area contributed by atoms with E-state index in [1.165, 1.54) is 0 Å². The number of allylic oxidation sites excluding steroid dienone is 2. The van der Waals surface area contributed by atoms with Gasteiger partial charge in [0.25, 0.3) is 0 Å². The number of methoxy groups -OCH3 is 2. The molecule has 0 saturated carbocycles. The van der Waals surface area contributed by atoms with Crippen molar-refractivity contribution in [3.63, 3.8) is 0 Å². The van der Waals surface area contributed by atoms with Crippen molar-refractivity contribution in [2.45, 2.75) is 19.3 Å². The number of hydrogen-bond acceptors (Lipinski definition) is 5. The van der Waals surface area contributed by atoms with Crippen molar-refractivity contribution < 1.29 is 23.8 Å². The molecule has 5 nitrogen and oxygen atoms in total. The van der Waals surface area contributed by atoms with Crippen LogP contribution in [0.2, 0.25) is 0 Å². The number of rotatable bonds is 6. The van der Waals surface area contributed by atoms with Gasteiger partial charge in [0.05, 0.1) is 20.8 Å². The molecule has 2 aromatic rings. The molecule has 0 aliphatic heterocycles. The summed E-state index contributed by atoms with van der Waals surface area (Å²) in [4.78, 5) is 25.4. The minimum atomic E-state index is -0.828. The summed E-state index contributed by atoms with van der Waals surface area (Å²) in [6, 6.07) is 15.2. The van der Waals surface area contributed by atoms with Crippen LogP contribution in [-0.4, -0.2) is 32.6 Å². The van der Waals surface area contributed by atoms with Crippen LogP contribution >= 0.6 is 0 Å². The molecular formula is C23H24O5. The maximum atomic E-state index is 12.9. The lowest BCUT2D eigenvalue weighted by Crippen LogP contribution is -2.34. The monoisotopic (exact) mass is 380 g/mol. The van der Waals surface area contributed by atoms with E-state index >= 15 is 0 Å². The van der Waals surface area contributed by atoms with Crippen LogP contribution in [0.1, 0.15) is 30.4 Å². The van der Waals surface area contributed by atoms with E-state index in [4.69, 9.17) is 14.2 Å². The molecule has 2 atom stereocenters. The van der Waals surface area contributed by atoms with Gasteiger partial charge in [0.2, 0.25) is 0 Å². The van der Waals surface area contributed by atoms with Crippen LogP contribution in [0.4, 0.5) is 0 Å². The Kier molecular flexibility index (Phi) is 6.14. The second-order valence-corrected chi connectivity index (χ2v) is 6.59. The number of ketones is 1.